The summed E-state index contributed by atoms with van der Waals surface area (Å²) < 4.78 is 0. The minimum absolute atomic E-state index is 0.366. The molecule has 0 aliphatic carbocycles. The van der Waals surface area contributed by atoms with E-state index in [0.717, 1.165) is 0 Å². The van der Waals surface area contributed by atoms with Gasteiger partial charge >= 0.3 is 0 Å². The third-order valence-corrected chi connectivity index (χ3v) is 1.82. The number of allylic oxidation sites excluding steroid dienone is 3. The van der Waals surface area contributed by atoms with E-state index in [1.165, 1.54) is 5.70 Å². The standard InChI is InChI=1S/C8H10N2.C2H6/c1-7-6-9-8-4-2-3-5-10(7)8;1-2/h2-6,8-9H,1H3;1-2H3. The summed E-state index contributed by atoms with van der Waals surface area (Å²) in [6, 6.07) is 0. The normalized spacial score (nSPS) is 23.8. The topological polar surface area (TPSA) is 15.3 Å². The van der Waals surface area contributed by atoms with Crippen molar-refractivity contribution in [2.24, 2.45) is 0 Å². The van der Waals surface area contributed by atoms with Crippen LogP contribution in [0.3, 0.4) is 0 Å². The molecule has 0 saturated carbocycles. The maximum Gasteiger partial charge on any atom is 0.122 e. The van der Waals surface area contributed by atoms with Gasteiger partial charge in [-0.1, -0.05) is 19.9 Å². The molecule has 2 aliphatic rings. The van der Waals surface area contributed by atoms with Crippen LogP contribution in [-0.4, -0.2) is 11.1 Å². The lowest BCUT2D eigenvalue weighted by atomic mass is 10.3. The van der Waals surface area contributed by atoms with E-state index in [1.807, 2.05) is 26.1 Å². The molecule has 0 saturated heterocycles. The quantitative estimate of drug-likeness (QED) is 0.590. The lowest BCUT2D eigenvalue weighted by Gasteiger charge is -2.23. The molecule has 66 valence electrons. The van der Waals surface area contributed by atoms with Crippen molar-refractivity contribution in [2.45, 2.75) is 26.9 Å². The molecule has 0 spiro atoms. The van der Waals surface area contributed by atoms with Gasteiger partial charge in [-0.3, -0.25) is 0 Å². The summed E-state index contributed by atoms with van der Waals surface area (Å²) in [5.74, 6) is 0. The highest BCUT2D eigenvalue weighted by Crippen LogP contribution is 2.17. The van der Waals surface area contributed by atoms with Gasteiger partial charge in [-0.15, -0.1) is 0 Å². The Morgan fingerprint density at radius 3 is 2.75 bits per heavy atom. The SMILES string of the molecule is CC.CC1=CNC2C=CC=CN12. The lowest BCUT2D eigenvalue weighted by molar-refractivity contribution is 0.401. The summed E-state index contributed by atoms with van der Waals surface area (Å²) in [6.07, 6.45) is 10.7. The highest BCUT2D eigenvalue weighted by atomic mass is 15.3. The summed E-state index contributed by atoms with van der Waals surface area (Å²) in [5.41, 5.74) is 1.27. The number of hydrogen-bond donors (Lipinski definition) is 1. The third kappa shape index (κ3) is 1.52. The van der Waals surface area contributed by atoms with E-state index in [2.05, 4.69) is 35.5 Å². The van der Waals surface area contributed by atoms with E-state index in [1.54, 1.807) is 0 Å². The molecule has 1 unspecified atom stereocenters. The van der Waals surface area contributed by atoms with Crippen molar-refractivity contribution in [1.82, 2.24) is 10.2 Å². The number of nitrogens with zero attached hydrogens (tertiary/aromatic N) is 1. The Hall–Kier alpha value is -1.18. The Bertz CT molecular complexity index is 226. The van der Waals surface area contributed by atoms with Crippen molar-refractivity contribution in [3.05, 3.63) is 36.3 Å². The van der Waals surface area contributed by atoms with Crippen molar-refractivity contribution < 1.29 is 0 Å². The summed E-state index contributed by atoms with van der Waals surface area (Å²) in [6.45, 7) is 6.09. The maximum atomic E-state index is 3.23. The van der Waals surface area contributed by atoms with Crippen LogP contribution in [0.25, 0.3) is 0 Å². The van der Waals surface area contributed by atoms with Crippen molar-refractivity contribution in [2.75, 3.05) is 0 Å². The predicted octanol–water partition coefficient (Wildman–Crippen LogP) is 2.19. The Morgan fingerprint density at radius 1 is 1.33 bits per heavy atom. The highest BCUT2D eigenvalue weighted by Gasteiger charge is 2.18. The maximum absolute atomic E-state index is 3.23. The molecule has 0 radical (unpaired) electrons. The van der Waals surface area contributed by atoms with Gasteiger partial charge in [-0.25, -0.2) is 0 Å². The van der Waals surface area contributed by atoms with Gasteiger partial charge in [0.1, 0.15) is 6.17 Å². The molecule has 0 aromatic rings. The first-order valence-electron chi connectivity index (χ1n) is 4.44. The van der Waals surface area contributed by atoms with E-state index in [0.29, 0.717) is 6.17 Å². The van der Waals surface area contributed by atoms with Crippen molar-refractivity contribution >= 4 is 0 Å². The molecule has 2 heteroatoms. The van der Waals surface area contributed by atoms with Gasteiger partial charge < -0.3 is 10.2 Å². The largest absolute Gasteiger partial charge is 0.366 e. The Kier molecular flexibility index (Phi) is 2.97. The zero-order valence-corrected chi connectivity index (χ0v) is 7.91. The van der Waals surface area contributed by atoms with Gasteiger partial charge in [0.05, 0.1) is 0 Å². The summed E-state index contributed by atoms with van der Waals surface area (Å²) in [5, 5.41) is 3.23. The van der Waals surface area contributed by atoms with Gasteiger partial charge in [0, 0.05) is 18.1 Å². The molecule has 0 fully saturated rings. The smallest absolute Gasteiger partial charge is 0.122 e. The van der Waals surface area contributed by atoms with Crippen molar-refractivity contribution in [1.29, 1.82) is 0 Å². The highest BCUT2D eigenvalue weighted by molar-refractivity contribution is 5.22. The second-order valence-corrected chi connectivity index (χ2v) is 2.53. The molecule has 1 atom stereocenters. The first kappa shape index (κ1) is 8.91. The van der Waals surface area contributed by atoms with Crippen molar-refractivity contribution in [3.63, 3.8) is 0 Å². The van der Waals surface area contributed by atoms with Crippen LogP contribution in [0.15, 0.2) is 36.3 Å². The first-order chi connectivity index (χ1) is 5.88. The van der Waals surface area contributed by atoms with E-state index in [-0.39, 0.29) is 0 Å². The molecule has 12 heavy (non-hydrogen) atoms. The third-order valence-electron chi connectivity index (χ3n) is 1.82. The minimum Gasteiger partial charge on any atom is -0.366 e. The van der Waals surface area contributed by atoms with Crippen LogP contribution in [0, 0.1) is 0 Å². The number of fused-ring (bicyclic) bond motifs is 1. The van der Waals surface area contributed by atoms with Crippen LogP contribution in [-0.2, 0) is 0 Å². The van der Waals surface area contributed by atoms with Gasteiger partial charge in [0.25, 0.3) is 0 Å². The van der Waals surface area contributed by atoms with Crippen LogP contribution in [0.1, 0.15) is 20.8 Å². The molecule has 0 aromatic carbocycles. The molecule has 0 bridgehead atoms. The second-order valence-electron chi connectivity index (χ2n) is 2.53. The van der Waals surface area contributed by atoms with E-state index < -0.39 is 0 Å². The van der Waals surface area contributed by atoms with E-state index in [9.17, 15) is 0 Å². The lowest BCUT2D eigenvalue weighted by Crippen LogP contribution is -2.31. The fraction of sp³-hybridized carbons (Fsp3) is 0.400. The van der Waals surface area contributed by atoms with Crippen LogP contribution >= 0.6 is 0 Å². The van der Waals surface area contributed by atoms with Crippen LogP contribution in [0.5, 0.6) is 0 Å². The Morgan fingerprint density at radius 2 is 2.08 bits per heavy atom. The first-order valence-corrected chi connectivity index (χ1v) is 4.44. The Balaban J connectivity index is 0.000000336. The molecular weight excluding hydrogens is 148 g/mol. The number of nitrogens with one attached hydrogen (secondary N) is 1. The monoisotopic (exact) mass is 164 g/mol. The zero-order valence-electron chi connectivity index (χ0n) is 7.91. The minimum atomic E-state index is 0.366. The van der Waals surface area contributed by atoms with Gasteiger partial charge in [-0.2, -0.15) is 0 Å². The van der Waals surface area contributed by atoms with E-state index in [4.69, 9.17) is 0 Å². The predicted molar refractivity (Wildman–Crippen MR) is 52.1 cm³/mol. The molecular formula is C10H16N2. The fourth-order valence-corrected chi connectivity index (χ4v) is 1.25. The molecule has 2 heterocycles. The molecule has 0 amide bonds. The van der Waals surface area contributed by atoms with Crippen molar-refractivity contribution in [3.8, 4) is 0 Å². The Labute approximate surface area is 74.3 Å². The van der Waals surface area contributed by atoms with Gasteiger partial charge in [0.15, 0.2) is 0 Å². The molecule has 0 aromatic heterocycles. The fourth-order valence-electron chi connectivity index (χ4n) is 1.25. The zero-order chi connectivity index (χ0) is 8.97. The summed E-state index contributed by atoms with van der Waals surface area (Å²) in [7, 11) is 0. The van der Waals surface area contributed by atoms with Gasteiger partial charge in [-0.05, 0) is 19.1 Å². The molecule has 2 nitrogen and oxygen atoms in total. The average molecular weight is 164 g/mol. The number of hydrogen-bond acceptors (Lipinski definition) is 2. The van der Waals surface area contributed by atoms with E-state index >= 15 is 0 Å². The molecule has 2 rings (SSSR count). The van der Waals surface area contributed by atoms with Crippen LogP contribution in [0.2, 0.25) is 0 Å². The molecule has 1 N–H and O–H groups in total. The van der Waals surface area contributed by atoms with Crippen LogP contribution < -0.4 is 5.32 Å². The average Bonchev–Trinajstić information content (AvgIpc) is 2.53. The summed E-state index contributed by atoms with van der Waals surface area (Å²) >= 11 is 0. The number of rotatable bonds is 0. The second kappa shape index (κ2) is 4.00. The van der Waals surface area contributed by atoms with Gasteiger partial charge in [0.2, 0.25) is 0 Å². The molecule has 2 aliphatic heterocycles. The summed E-state index contributed by atoms with van der Waals surface area (Å²) in [4.78, 5) is 2.19. The van der Waals surface area contributed by atoms with Crippen LogP contribution in [0.4, 0.5) is 0 Å².